The molecule has 0 saturated carbocycles. The minimum Gasteiger partial charge on any atom is -0.335 e. The van der Waals surface area contributed by atoms with Crippen LogP contribution in [0.25, 0.3) is 0 Å². The van der Waals surface area contributed by atoms with Crippen molar-refractivity contribution in [2.24, 2.45) is 0 Å². The first-order valence-electron chi connectivity index (χ1n) is 27.2. The fourth-order valence-electron chi connectivity index (χ4n) is 9.14. The van der Waals surface area contributed by atoms with E-state index in [2.05, 4.69) is 20.8 Å². The van der Waals surface area contributed by atoms with E-state index in [4.69, 9.17) is 0 Å². The van der Waals surface area contributed by atoms with Gasteiger partial charge in [-0.3, -0.25) is 0 Å². The highest BCUT2D eigenvalue weighted by molar-refractivity contribution is 4.54. The maximum Gasteiger partial charge on any atom is 0.0770 e. The lowest BCUT2D eigenvalue weighted by atomic mass is 10.0. The molecule has 1 heteroatoms. The Labute approximate surface area is 352 Å². The van der Waals surface area contributed by atoms with Gasteiger partial charge in [-0.25, -0.2) is 0 Å². The molecule has 0 radical (unpaired) electrons. The molecule has 0 fully saturated rings. The summed E-state index contributed by atoms with van der Waals surface area (Å²) in [5.41, 5.74) is 0. The van der Waals surface area contributed by atoms with Gasteiger partial charge < -0.3 is 4.90 Å². The number of unbranched alkanes of at least 4 members (excludes halogenated alkanes) is 45. The molecule has 0 aliphatic heterocycles. The molecule has 0 bridgehead atoms. The first kappa shape index (κ1) is 55.0. The fraction of sp³-hybridized carbons (Fsp3) is 1.00. The van der Waals surface area contributed by atoms with Crippen molar-refractivity contribution in [2.45, 2.75) is 329 Å². The van der Waals surface area contributed by atoms with E-state index < -0.39 is 0 Å². The molecule has 0 rings (SSSR count). The number of hydrogen-bond donors (Lipinski definition) is 1. The predicted molar refractivity (Wildman–Crippen MR) is 254 cm³/mol. The summed E-state index contributed by atoms with van der Waals surface area (Å²) >= 11 is 0. The largest absolute Gasteiger partial charge is 0.335 e. The number of hydrogen-bond acceptors (Lipinski definition) is 0. The first-order valence-corrected chi connectivity index (χ1v) is 27.2. The highest BCUT2D eigenvalue weighted by Crippen LogP contribution is 2.16. The quantitative estimate of drug-likeness (QED) is 0.0587. The van der Waals surface area contributed by atoms with Crippen molar-refractivity contribution in [3.63, 3.8) is 0 Å². The van der Waals surface area contributed by atoms with Gasteiger partial charge >= 0.3 is 0 Å². The zero-order chi connectivity index (χ0) is 39.6. The van der Waals surface area contributed by atoms with Crippen molar-refractivity contribution in [2.75, 3.05) is 19.6 Å². The lowest BCUT2D eigenvalue weighted by Crippen LogP contribution is -3.12. The second-order valence-electron chi connectivity index (χ2n) is 18.9. The SMILES string of the molecule is CCCCCCCCCCCCCCCCCC[NH+](CCCCCCCCCCCCCCCCCC)CCCCCCCCCCCCCCCCCC. The summed E-state index contributed by atoms with van der Waals surface area (Å²) < 4.78 is 0. The van der Waals surface area contributed by atoms with Crippen LogP contribution < -0.4 is 4.90 Å². The molecule has 0 unspecified atom stereocenters. The van der Waals surface area contributed by atoms with Crippen molar-refractivity contribution < 1.29 is 4.90 Å². The lowest BCUT2D eigenvalue weighted by Gasteiger charge is -2.20. The van der Waals surface area contributed by atoms with Crippen LogP contribution in [0.2, 0.25) is 0 Å². The highest BCUT2D eigenvalue weighted by Gasteiger charge is 2.08. The van der Waals surface area contributed by atoms with Gasteiger partial charge in [0.05, 0.1) is 19.6 Å². The summed E-state index contributed by atoms with van der Waals surface area (Å²) in [6.07, 6.45) is 70.9. The van der Waals surface area contributed by atoms with Crippen LogP contribution in [0.15, 0.2) is 0 Å². The number of nitrogens with one attached hydrogen (secondary N) is 1. The molecular formula is C54H112N+. The monoisotopic (exact) mass is 775 g/mol. The van der Waals surface area contributed by atoms with E-state index >= 15 is 0 Å². The fourth-order valence-corrected chi connectivity index (χ4v) is 9.14. The third-order valence-electron chi connectivity index (χ3n) is 13.2. The summed E-state index contributed by atoms with van der Waals surface area (Å²) in [7, 11) is 0. The molecule has 0 atom stereocenters. The Morgan fingerprint density at radius 3 is 0.382 bits per heavy atom. The van der Waals surface area contributed by atoms with Gasteiger partial charge in [0.25, 0.3) is 0 Å². The lowest BCUT2D eigenvalue weighted by molar-refractivity contribution is -0.900. The molecule has 0 aliphatic rings. The zero-order valence-electron chi connectivity index (χ0n) is 39.6. The summed E-state index contributed by atoms with van der Waals surface area (Å²) in [6.45, 7) is 11.3. The van der Waals surface area contributed by atoms with Crippen molar-refractivity contribution in [1.82, 2.24) is 0 Å². The summed E-state index contributed by atoms with van der Waals surface area (Å²) in [5, 5.41) is 0. The standard InChI is InChI=1S/C54H111N/c1-4-7-10-13-16-19-22-25-28-31-34-37-40-43-46-49-52-55(53-50-47-44-41-38-35-32-29-26-23-20-17-14-11-8-5-2)54-51-48-45-42-39-36-33-30-27-24-21-18-15-12-9-6-3/h4-54H2,1-3H3/p+1. The second-order valence-corrected chi connectivity index (χ2v) is 18.9. The van der Waals surface area contributed by atoms with E-state index in [0.717, 1.165) is 0 Å². The number of quaternary nitrogens is 1. The summed E-state index contributed by atoms with van der Waals surface area (Å²) in [5.74, 6) is 0. The van der Waals surface area contributed by atoms with E-state index in [1.165, 1.54) is 328 Å². The Morgan fingerprint density at radius 1 is 0.145 bits per heavy atom. The minimum atomic E-state index is 1.37. The molecule has 0 aromatic rings. The van der Waals surface area contributed by atoms with E-state index in [-0.39, 0.29) is 0 Å². The normalized spacial score (nSPS) is 11.8. The molecule has 0 heterocycles. The zero-order valence-corrected chi connectivity index (χ0v) is 39.6. The van der Waals surface area contributed by atoms with Crippen LogP contribution in [0.3, 0.4) is 0 Å². The molecule has 1 nitrogen and oxygen atoms in total. The van der Waals surface area contributed by atoms with Crippen molar-refractivity contribution in [1.29, 1.82) is 0 Å². The van der Waals surface area contributed by atoms with Gasteiger partial charge in [-0.05, 0) is 38.5 Å². The third-order valence-corrected chi connectivity index (χ3v) is 13.2. The number of rotatable bonds is 51. The van der Waals surface area contributed by atoms with Crippen LogP contribution in [-0.4, -0.2) is 19.6 Å². The van der Waals surface area contributed by atoms with E-state index in [9.17, 15) is 0 Å². The molecule has 0 aromatic heterocycles. The van der Waals surface area contributed by atoms with E-state index in [0.29, 0.717) is 0 Å². The third kappa shape index (κ3) is 50.0. The van der Waals surface area contributed by atoms with Crippen LogP contribution in [0, 0.1) is 0 Å². The smallest absolute Gasteiger partial charge is 0.0770 e. The predicted octanol–water partition coefficient (Wildman–Crippen LogP) is 18.7. The van der Waals surface area contributed by atoms with Gasteiger partial charge in [-0.1, -0.05) is 290 Å². The Morgan fingerprint density at radius 2 is 0.255 bits per heavy atom. The van der Waals surface area contributed by atoms with Gasteiger partial charge in [0.15, 0.2) is 0 Å². The van der Waals surface area contributed by atoms with Gasteiger partial charge in [-0.15, -0.1) is 0 Å². The van der Waals surface area contributed by atoms with Gasteiger partial charge in [0, 0.05) is 0 Å². The Balaban J connectivity index is 3.94. The molecule has 0 saturated heterocycles. The molecule has 0 aliphatic carbocycles. The topological polar surface area (TPSA) is 4.44 Å². The van der Waals surface area contributed by atoms with Crippen LogP contribution in [0.5, 0.6) is 0 Å². The van der Waals surface area contributed by atoms with Crippen molar-refractivity contribution in [3.8, 4) is 0 Å². The molecule has 0 aromatic carbocycles. The first-order chi connectivity index (χ1) is 27.3. The van der Waals surface area contributed by atoms with Gasteiger partial charge in [0.1, 0.15) is 0 Å². The van der Waals surface area contributed by atoms with Crippen LogP contribution in [0.1, 0.15) is 329 Å². The van der Waals surface area contributed by atoms with Crippen LogP contribution in [-0.2, 0) is 0 Å². The molecular weight excluding hydrogens is 663 g/mol. The second kappa shape index (κ2) is 52.0. The minimum absolute atomic E-state index is 1.37. The average Bonchev–Trinajstić information content (AvgIpc) is 3.20. The van der Waals surface area contributed by atoms with E-state index in [1.807, 2.05) is 4.90 Å². The van der Waals surface area contributed by atoms with Crippen LogP contribution >= 0.6 is 0 Å². The van der Waals surface area contributed by atoms with Gasteiger partial charge in [0.2, 0.25) is 0 Å². The maximum absolute atomic E-state index is 2.32. The van der Waals surface area contributed by atoms with Crippen molar-refractivity contribution in [3.05, 3.63) is 0 Å². The highest BCUT2D eigenvalue weighted by atomic mass is 15.1. The van der Waals surface area contributed by atoms with Crippen molar-refractivity contribution >= 4 is 0 Å². The summed E-state index contributed by atoms with van der Waals surface area (Å²) in [4.78, 5) is 1.96. The molecule has 0 amide bonds. The maximum atomic E-state index is 2.32. The Bertz CT molecular complexity index is 543. The van der Waals surface area contributed by atoms with Crippen LogP contribution in [0.4, 0.5) is 0 Å². The molecule has 55 heavy (non-hydrogen) atoms. The Hall–Kier alpha value is -0.0400. The molecule has 1 N–H and O–H groups in total. The van der Waals surface area contributed by atoms with Gasteiger partial charge in [-0.2, -0.15) is 0 Å². The average molecular weight is 775 g/mol. The summed E-state index contributed by atoms with van der Waals surface area (Å²) in [6, 6.07) is 0. The van der Waals surface area contributed by atoms with E-state index in [1.54, 1.807) is 0 Å². The molecule has 332 valence electrons. The Kier molecular flexibility index (Phi) is 51.9. The molecule has 0 spiro atoms.